The van der Waals surface area contributed by atoms with E-state index in [1.54, 1.807) is 6.07 Å². The smallest absolute Gasteiger partial charge is 0.139 e. The monoisotopic (exact) mass is 265 g/mol. The quantitative estimate of drug-likeness (QED) is 0.801. The van der Waals surface area contributed by atoms with E-state index in [9.17, 15) is 5.11 Å². The lowest BCUT2D eigenvalue weighted by Gasteiger charge is -2.24. The summed E-state index contributed by atoms with van der Waals surface area (Å²) >= 11 is 0. The molecular formula is C15H23NO3. The van der Waals surface area contributed by atoms with Crippen LogP contribution in [0.15, 0.2) is 24.3 Å². The summed E-state index contributed by atoms with van der Waals surface area (Å²) in [6, 6.07) is 7.33. The zero-order valence-electron chi connectivity index (χ0n) is 11.5. The molecule has 1 aromatic carbocycles. The Morgan fingerprint density at radius 1 is 1.47 bits per heavy atom. The van der Waals surface area contributed by atoms with Crippen molar-refractivity contribution in [1.29, 1.82) is 0 Å². The largest absolute Gasteiger partial charge is 0.491 e. The van der Waals surface area contributed by atoms with Gasteiger partial charge in [0.25, 0.3) is 0 Å². The number of benzene rings is 1. The van der Waals surface area contributed by atoms with Gasteiger partial charge in [-0.3, -0.25) is 5.73 Å². The fourth-order valence-corrected chi connectivity index (χ4v) is 2.19. The molecule has 1 aliphatic rings. The number of ether oxygens (including phenoxy) is 2. The van der Waals surface area contributed by atoms with E-state index in [0.717, 1.165) is 25.2 Å². The van der Waals surface area contributed by atoms with Crippen molar-refractivity contribution in [3.63, 3.8) is 0 Å². The first-order valence-corrected chi connectivity index (χ1v) is 6.98. The second-order valence-electron chi connectivity index (χ2n) is 5.11. The highest BCUT2D eigenvalue weighted by atomic mass is 16.5. The Kier molecular flexibility index (Phi) is 4.80. The molecule has 0 saturated carbocycles. The van der Waals surface area contributed by atoms with E-state index in [-0.39, 0.29) is 6.10 Å². The normalized spacial score (nSPS) is 22.8. The molecule has 0 aliphatic carbocycles. The van der Waals surface area contributed by atoms with E-state index < -0.39 is 5.72 Å². The van der Waals surface area contributed by atoms with Gasteiger partial charge in [-0.1, -0.05) is 19.1 Å². The molecule has 1 saturated heterocycles. The highest BCUT2D eigenvalue weighted by Gasteiger charge is 2.21. The van der Waals surface area contributed by atoms with Crippen LogP contribution in [0.3, 0.4) is 0 Å². The standard InChI is InChI=1S/C15H23NO3/c1-2-15(16,17)12-6-5-8-13(10-12)19-11-14-7-3-4-9-18-14/h5-6,8,10,14,17H,2-4,7,9,11,16H2,1H3. The van der Waals surface area contributed by atoms with Gasteiger partial charge >= 0.3 is 0 Å². The first-order valence-electron chi connectivity index (χ1n) is 6.98. The van der Waals surface area contributed by atoms with Crippen molar-refractivity contribution in [2.24, 2.45) is 5.73 Å². The van der Waals surface area contributed by atoms with E-state index in [1.165, 1.54) is 6.42 Å². The molecule has 0 spiro atoms. The Labute approximate surface area is 114 Å². The van der Waals surface area contributed by atoms with Crippen molar-refractivity contribution < 1.29 is 14.6 Å². The van der Waals surface area contributed by atoms with Crippen LogP contribution in [0.4, 0.5) is 0 Å². The fourth-order valence-electron chi connectivity index (χ4n) is 2.19. The molecule has 4 heteroatoms. The number of aliphatic hydroxyl groups is 1. The molecule has 0 radical (unpaired) electrons. The van der Waals surface area contributed by atoms with Crippen LogP contribution in [0.1, 0.15) is 38.2 Å². The van der Waals surface area contributed by atoms with Crippen LogP contribution in [-0.4, -0.2) is 24.4 Å². The van der Waals surface area contributed by atoms with Crippen molar-refractivity contribution in [2.45, 2.75) is 44.4 Å². The molecule has 1 heterocycles. The van der Waals surface area contributed by atoms with E-state index >= 15 is 0 Å². The lowest BCUT2D eigenvalue weighted by Crippen LogP contribution is -2.35. The zero-order valence-corrected chi connectivity index (χ0v) is 11.5. The maximum Gasteiger partial charge on any atom is 0.139 e. The molecule has 4 nitrogen and oxygen atoms in total. The summed E-state index contributed by atoms with van der Waals surface area (Å²) in [5.74, 6) is 0.726. The van der Waals surface area contributed by atoms with Crippen molar-refractivity contribution >= 4 is 0 Å². The average Bonchev–Trinajstić information content (AvgIpc) is 2.46. The van der Waals surface area contributed by atoms with Gasteiger partial charge in [0.15, 0.2) is 0 Å². The van der Waals surface area contributed by atoms with Gasteiger partial charge in [0.05, 0.1) is 6.10 Å². The maximum absolute atomic E-state index is 10.0. The molecular weight excluding hydrogens is 242 g/mol. The molecule has 2 rings (SSSR count). The van der Waals surface area contributed by atoms with E-state index in [1.807, 2.05) is 25.1 Å². The molecule has 1 fully saturated rings. The summed E-state index contributed by atoms with van der Waals surface area (Å²) in [7, 11) is 0. The average molecular weight is 265 g/mol. The molecule has 3 N–H and O–H groups in total. The van der Waals surface area contributed by atoms with Gasteiger partial charge in [-0.2, -0.15) is 0 Å². The van der Waals surface area contributed by atoms with Gasteiger partial charge in [0.2, 0.25) is 0 Å². The Hall–Kier alpha value is -1.10. The summed E-state index contributed by atoms with van der Waals surface area (Å²) in [5.41, 5.74) is 5.21. The summed E-state index contributed by atoms with van der Waals surface area (Å²) in [6.07, 6.45) is 4.03. The van der Waals surface area contributed by atoms with Crippen molar-refractivity contribution in [3.05, 3.63) is 29.8 Å². The Morgan fingerprint density at radius 2 is 2.32 bits per heavy atom. The van der Waals surface area contributed by atoms with E-state index in [4.69, 9.17) is 15.2 Å². The molecule has 19 heavy (non-hydrogen) atoms. The third kappa shape index (κ3) is 3.93. The van der Waals surface area contributed by atoms with Crippen LogP contribution in [0, 0.1) is 0 Å². The van der Waals surface area contributed by atoms with Crippen LogP contribution in [0.2, 0.25) is 0 Å². The summed E-state index contributed by atoms with van der Waals surface area (Å²) < 4.78 is 11.4. The first-order chi connectivity index (χ1) is 9.12. The molecule has 2 atom stereocenters. The Morgan fingerprint density at radius 3 is 3.00 bits per heavy atom. The van der Waals surface area contributed by atoms with Gasteiger partial charge in [-0.05, 0) is 37.8 Å². The van der Waals surface area contributed by atoms with Crippen LogP contribution < -0.4 is 10.5 Å². The minimum atomic E-state index is -1.29. The minimum absolute atomic E-state index is 0.181. The van der Waals surface area contributed by atoms with Gasteiger partial charge in [0.1, 0.15) is 18.1 Å². The first kappa shape index (κ1) is 14.3. The van der Waals surface area contributed by atoms with Gasteiger partial charge in [-0.15, -0.1) is 0 Å². The maximum atomic E-state index is 10.0. The zero-order chi connectivity index (χ0) is 13.7. The lowest BCUT2D eigenvalue weighted by molar-refractivity contribution is -0.0112. The van der Waals surface area contributed by atoms with Crippen molar-refractivity contribution in [1.82, 2.24) is 0 Å². The topological polar surface area (TPSA) is 64.7 Å². The lowest BCUT2D eigenvalue weighted by atomic mass is 10.0. The predicted octanol–water partition coefficient (Wildman–Crippen LogP) is 2.15. The molecule has 0 amide bonds. The molecule has 1 aliphatic heterocycles. The fraction of sp³-hybridized carbons (Fsp3) is 0.600. The minimum Gasteiger partial charge on any atom is -0.491 e. The Balaban J connectivity index is 1.95. The summed E-state index contributed by atoms with van der Waals surface area (Å²) in [5, 5.41) is 10.0. The van der Waals surface area contributed by atoms with Crippen molar-refractivity contribution in [3.8, 4) is 5.75 Å². The third-order valence-electron chi connectivity index (χ3n) is 3.58. The van der Waals surface area contributed by atoms with Crippen LogP contribution in [0.5, 0.6) is 5.75 Å². The molecule has 106 valence electrons. The van der Waals surface area contributed by atoms with Gasteiger partial charge in [0, 0.05) is 12.2 Å². The van der Waals surface area contributed by atoms with Crippen LogP contribution in [0.25, 0.3) is 0 Å². The highest BCUT2D eigenvalue weighted by Crippen LogP contribution is 2.23. The second kappa shape index (κ2) is 6.37. The highest BCUT2D eigenvalue weighted by molar-refractivity contribution is 5.31. The molecule has 0 aromatic heterocycles. The van der Waals surface area contributed by atoms with E-state index in [0.29, 0.717) is 18.6 Å². The van der Waals surface area contributed by atoms with E-state index in [2.05, 4.69) is 0 Å². The van der Waals surface area contributed by atoms with Gasteiger partial charge < -0.3 is 14.6 Å². The predicted molar refractivity (Wildman–Crippen MR) is 73.9 cm³/mol. The number of rotatable bonds is 5. The summed E-state index contributed by atoms with van der Waals surface area (Å²) in [6.45, 7) is 3.23. The summed E-state index contributed by atoms with van der Waals surface area (Å²) in [4.78, 5) is 0. The van der Waals surface area contributed by atoms with Gasteiger partial charge in [-0.25, -0.2) is 0 Å². The Bertz CT molecular complexity index is 400. The SMILES string of the molecule is CCC(N)(O)c1cccc(OCC2CCCCO2)c1. The molecule has 1 aromatic rings. The molecule has 0 bridgehead atoms. The van der Waals surface area contributed by atoms with Crippen molar-refractivity contribution in [2.75, 3.05) is 13.2 Å². The van der Waals surface area contributed by atoms with Crippen LogP contribution in [-0.2, 0) is 10.5 Å². The number of hydrogen-bond donors (Lipinski definition) is 2. The number of nitrogens with two attached hydrogens (primary N) is 1. The number of hydrogen-bond acceptors (Lipinski definition) is 4. The second-order valence-corrected chi connectivity index (χ2v) is 5.11. The van der Waals surface area contributed by atoms with Crippen LogP contribution >= 0.6 is 0 Å². The molecule has 2 unspecified atom stereocenters. The third-order valence-corrected chi connectivity index (χ3v) is 3.58.